The van der Waals surface area contributed by atoms with Gasteiger partial charge in [0.2, 0.25) is 0 Å². The first-order valence-electron chi connectivity index (χ1n) is 15.1. The summed E-state index contributed by atoms with van der Waals surface area (Å²) in [6.07, 6.45) is 3.45. The number of aromatic carboxylic acids is 1. The number of halogens is 3. The summed E-state index contributed by atoms with van der Waals surface area (Å²) >= 11 is 0. The van der Waals surface area contributed by atoms with Crippen LogP contribution in [-0.4, -0.2) is 45.3 Å². The van der Waals surface area contributed by atoms with Gasteiger partial charge in [-0.25, -0.2) is 18.6 Å². The number of rotatable bonds is 8. The third-order valence-electron chi connectivity index (χ3n) is 9.48. The lowest BCUT2D eigenvalue weighted by molar-refractivity contribution is 0.0697. The van der Waals surface area contributed by atoms with Crippen LogP contribution in [0.2, 0.25) is 0 Å². The largest absolute Gasteiger partial charge is 0.480 e. The zero-order chi connectivity index (χ0) is 31.3. The van der Waals surface area contributed by atoms with Crippen LogP contribution in [0.5, 0.6) is 5.75 Å². The molecule has 2 fully saturated rings. The predicted molar refractivity (Wildman–Crippen MR) is 162 cm³/mol. The SMILES string of the molecule is N#Cc1ccc([C@@H]2C=C(F)c3cccc(C4CCN(Cc5nc6ccc(C(=O)O)cc6n5CC5(CF)CC5)CC4)c3O2)c(F)c1. The number of ether oxygens (including phenoxy) is 1. The van der Waals surface area contributed by atoms with Gasteiger partial charge in [-0.15, -0.1) is 0 Å². The maximum atomic E-state index is 15.3. The monoisotopic (exact) mass is 612 g/mol. The van der Waals surface area contributed by atoms with Crippen LogP contribution in [0.1, 0.15) is 76.1 Å². The third-order valence-corrected chi connectivity index (χ3v) is 9.48. The summed E-state index contributed by atoms with van der Waals surface area (Å²) in [5.74, 6) is -0.826. The van der Waals surface area contributed by atoms with Crippen LogP contribution >= 0.6 is 0 Å². The van der Waals surface area contributed by atoms with Crippen LogP contribution in [0.25, 0.3) is 16.9 Å². The lowest BCUT2D eigenvalue weighted by atomic mass is 9.86. The highest BCUT2D eigenvalue weighted by Crippen LogP contribution is 2.48. The summed E-state index contributed by atoms with van der Waals surface area (Å²) in [6, 6.07) is 16.3. The fourth-order valence-electron chi connectivity index (χ4n) is 6.61. The van der Waals surface area contributed by atoms with Gasteiger partial charge in [0.15, 0.2) is 0 Å². The van der Waals surface area contributed by atoms with Gasteiger partial charge < -0.3 is 14.4 Å². The van der Waals surface area contributed by atoms with Crippen LogP contribution in [0.4, 0.5) is 13.2 Å². The van der Waals surface area contributed by atoms with Crippen molar-refractivity contribution in [2.75, 3.05) is 19.8 Å². The minimum Gasteiger partial charge on any atom is -0.480 e. The Bertz CT molecular complexity index is 1880. The molecule has 230 valence electrons. The van der Waals surface area contributed by atoms with E-state index in [-0.39, 0.29) is 22.6 Å². The average molecular weight is 613 g/mol. The number of carboxylic acids is 1. The van der Waals surface area contributed by atoms with Crippen molar-refractivity contribution in [3.8, 4) is 11.8 Å². The van der Waals surface area contributed by atoms with Crippen LogP contribution in [0.3, 0.4) is 0 Å². The Balaban J connectivity index is 1.10. The highest BCUT2D eigenvalue weighted by molar-refractivity contribution is 5.92. The van der Waals surface area contributed by atoms with Gasteiger partial charge in [0.25, 0.3) is 0 Å². The van der Waals surface area contributed by atoms with Crippen molar-refractivity contribution in [1.29, 1.82) is 5.26 Å². The summed E-state index contributed by atoms with van der Waals surface area (Å²) in [5, 5.41) is 18.6. The van der Waals surface area contributed by atoms with Gasteiger partial charge in [-0.3, -0.25) is 9.29 Å². The first-order valence-corrected chi connectivity index (χ1v) is 15.1. The van der Waals surface area contributed by atoms with E-state index >= 15 is 4.39 Å². The van der Waals surface area contributed by atoms with E-state index in [4.69, 9.17) is 15.0 Å². The molecule has 3 aromatic carbocycles. The smallest absolute Gasteiger partial charge is 0.335 e. The number of benzene rings is 3. The summed E-state index contributed by atoms with van der Waals surface area (Å²) in [6.45, 7) is 2.04. The van der Waals surface area contributed by atoms with Crippen LogP contribution < -0.4 is 4.74 Å². The number of hydrogen-bond acceptors (Lipinski definition) is 5. The highest BCUT2D eigenvalue weighted by atomic mass is 19.1. The first kappa shape index (κ1) is 29.1. The Morgan fingerprint density at radius 2 is 1.89 bits per heavy atom. The van der Waals surface area contributed by atoms with E-state index in [0.29, 0.717) is 35.4 Å². The molecule has 1 atom stereocenters. The molecule has 0 unspecified atom stereocenters. The fourth-order valence-corrected chi connectivity index (χ4v) is 6.61. The van der Waals surface area contributed by atoms with Gasteiger partial charge in [-0.1, -0.05) is 18.2 Å². The van der Waals surface area contributed by atoms with Crippen molar-refractivity contribution in [2.24, 2.45) is 5.41 Å². The molecule has 7 rings (SSSR count). The molecule has 1 saturated carbocycles. The van der Waals surface area contributed by atoms with Gasteiger partial charge in [-0.05, 0) is 92.7 Å². The van der Waals surface area contributed by atoms with Crippen molar-refractivity contribution in [3.63, 3.8) is 0 Å². The number of para-hydroxylation sites is 1. The molecular formula is C35H31F3N4O3. The number of piperidine rings is 1. The molecule has 0 spiro atoms. The maximum Gasteiger partial charge on any atom is 0.335 e. The highest BCUT2D eigenvalue weighted by Gasteiger charge is 2.44. The molecule has 7 nitrogen and oxygen atoms in total. The minimum absolute atomic E-state index is 0.0896. The molecule has 1 aromatic heterocycles. The van der Waals surface area contributed by atoms with E-state index in [1.807, 2.05) is 22.8 Å². The number of aromatic nitrogens is 2. The van der Waals surface area contributed by atoms with Gasteiger partial charge in [0, 0.05) is 17.5 Å². The molecular weight excluding hydrogens is 581 g/mol. The van der Waals surface area contributed by atoms with E-state index in [2.05, 4.69) is 4.90 Å². The van der Waals surface area contributed by atoms with E-state index in [9.17, 15) is 18.7 Å². The topological polar surface area (TPSA) is 91.4 Å². The second-order valence-corrected chi connectivity index (χ2v) is 12.4. The molecule has 0 radical (unpaired) electrons. The Kier molecular flexibility index (Phi) is 7.37. The second-order valence-electron chi connectivity index (χ2n) is 12.4. The maximum absolute atomic E-state index is 15.3. The standard InChI is InChI=1S/C35H31F3N4O3/c36-19-35(10-11-35)20-42-30-15-23(34(43)44)5-7-29(30)40-32(42)18-41-12-8-22(9-13-41)24-2-1-3-26-28(38)16-31(45-33(24)26)25-6-4-21(17-39)14-27(25)37/h1-7,14-16,22,31H,8-13,18-20H2,(H,43,44)/t31-/m0/s1. The number of alkyl halides is 1. The number of imidazole rings is 1. The third kappa shape index (κ3) is 5.46. The molecule has 4 aromatic rings. The van der Waals surface area contributed by atoms with Crippen molar-refractivity contribution in [3.05, 3.63) is 100 Å². The molecule has 1 saturated heterocycles. The van der Waals surface area contributed by atoms with E-state index < -0.39 is 35.8 Å². The summed E-state index contributed by atoms with van der Waals surface area (Å²) < 4.78 is 52.3. The lowest BCUT2D eigenvalue weighted by Gasteiger charge is -2.34. The number of fused-ring (bicyclic) bond motifs is 2. The Morgan fingerprint density at radius 3 is 2.58 bits per heavy atom. The molecule has 0 amide bonds. The van der Waals surface area contributed by atoms with Crippen molar-refractivity contribution >= 4 is 22.8 Å². The number of nitriles is 1. The van der Waals surface area contributed by atoms with E-state index in [1.165, 1.54) is 18.2 Å². The Hall–Kier alpha value is -4.62. The van der Waals surface area contributed by atoms with E-state index in [0.717, 1.165) is 56.2 Å². The number of likely N-dealkylation sites (tertiary alicyclic amines) is 1. The molecule has 3 aliphatic rings. The van der Waals surface area contributed by atoms with Crippen molar-refractivity contribution in [1.82, 2.24) is 14.5 Å². The molecule has 1 N–H and O–H groups in total. The summed E-state index contributed by atoms with van der Waals surface area (Å²) in [5.41, 5.74) is 2.72. The van der Waals surface area contributed by atoms with E-state index in [1.54, 1.807) is 24.3 Å². The number of nitrogens with zero attached hydrogens (tertiary/aromatic N) is 4. The zero-order valence-electron chi connectivity index (χ0n) is 24.5. The van der Waals surface area contributed by atoms with Crippen LogP contribution in [-0.2, 0) is 13.1 Å². The first-order chi connectivity index (χ1) is 21.8. The quantitative estimate of drug-likeness (QED) is 0.224. The molecule has 45 heavy (non-hydrogen) atoms. The molecule has 2 aliphatic heterocycles. The summed E-state index contributed by atoms with van der Waals surface area (Å²) in [7, 11) is 0. The predicted octanol–water partition coefficient (Wildman–Crippen LogP) is 7.32. The average Bonchev–Trinajstić information content (AvgIpc) is 3.75. The fraction of sp³-hybridized carbons (Fsp3) is 0.343. The normalized spacial score (nSPS) is 19.4. The lowest BCUT2D eigenvalue weighted by Crippen LogP contribution is -2.34. The number of hydrogen-bond donors (Lipinski definition) is 1. The van der Waals surface area contributed by atoms with Gasteiger partial charge in [0.1, 0.15) is 29.3 Å². The number of carboxylic acid groups (broad SMARTS) is 1. The second kappa shape index (κ2) is 11.4. The molecule has 0 bridgehead atoms. The number of carbonyl (C=O) groups is 1. The van der Waals surface area contributed by atoms with Gasteiger partial charge in [0.05, 0.1) is 47.0 Å². The molecule has 1 aliphatic carbocycles. The van der Waals surface area contributed by atoms with Crippen molar-refractivity contribution < 1.29 is 27.8 Å². The van der Waals surface area contributed by atoms with Crippen LogP contribution in [0, 0.1) is 22.6 Å². The van der Waals surface area contributed by atoms with Gasteiger partial charge >= 0.3 is 5.97 Å². The van der Waals surface area contributed by atoms with Crippen LogP contribution in [0.15, 0.2) is 60.7 Å². The molecule has 10 heteroatoms. The van der Waals surface area contributed by atoms with Gasteiger partial charge in [-0.2, -0.15) is 5.26 Å². The molecule has 3 heterocycles. The minimum atomic E-state index is -1.02. The van der Waals surface area contributed by atoms with Crippen molar-refractivity contribution in [2.45, 2.75) is 50.8 Å². The Labute approximate surface area is 258 Å². The summed E-state index contributed by atoms with van der Waals surface area (Å²) in [4.78, 5) is 18.8. The zero-order valence-corrected chi connectivity index (χ0v) is 24.5. The Morgan fingerprint density at radius 1 is 1.09 bits per heavy atom.